The molecule has 4 rings (SSSR count). The molecule has 0 radical (unpaired) electrons. The number of hydrogen-bond acceptors (Lipinski definition) is 5. The van der Waals surface area contributed by atoms with Gasteiger partial charge in [0, 0.05) is 39.6 Å². The lowest BCUT2D eigenvalue weighted by Crippen LogP contribution is -2.52. The average Bonchev–Trinajstić information content (AvgIpc) is 3.08. The number of carbonyl (C=O) groups excluding carboxylic acids is 4. The summed E-state index contributed by atoms with van der Waals surface area (Å²) in [4.78, 5) is 49.8. The first kappa shape index (κ1) is 22.4. The maximum absolute atomic E-state index is 13.3. The molecule has 0 spiro atoms. The number of benzene rings is 2. The van der Waals surface area contributed by atoms with Crippen LogP contribution in [-0.2, 0) is 33.4 Å². The van der Waals surface area contributed by atoms with Crippen molar-refractivity contribution in [3.63, 3.8) is 0 Å². The monoisotopic (exact) mass is 461 g/mol. The van der Waals surface area contributed by atoms with Crippen molar-refractivity contribution in [1.29, 1.82) is 0 Å². The Morgan fingerprint density at radius 3 is 2.61 bits per heavy atom. The van der Waals surface area contributed by atoms with Crippen LogP contribution in [0.1, 0.15) is 49.7 Å². The van der Waals surface area contributed by atoms with E-state index < -0.39 is 24.0 Å². The Morgan fingerprint density at radius 2 is 1.94 bits per heavy atom. The molecule has 176 valence electrons. The first-order valence-corrected chi connectivity index (χ1v) is 10.3. The quantitative estimate of drug-likeness (QED) is 0.659. The van der Waals surface area contributed by atoms with E-state index >= 15 is 0 Å². The number of piperidine rings is 1. The van der Waals surface area contributed by atoms with Crippen molar-refractivity contribution in [2.24, 2.45) is 0 Å². The molecule has 1 atom stereocenters. The lowest BCUT2D eigenvalue weighted by Gasteiger charge is -2.29. The second kappa shape index (κ2) is 8.61. The van der Waals surface area contributed by atoms with E-state index in [0.29, 0.717) is 16.8 Å². The maximum atomic E-state index is 13.3. The summed E-state index contributed by atoms with van der Waals surface area (Å²) in [5.41, 5.74) is 1.86. The molecular weight excluding hydrogens is 436 g/mol. The van der Waals surface area contributed by atoms with E-state index in [1.807, 2.05) is 0 Å². The number of imide groups is 1. The molecule has 4 amide bonds. The minimum absolute atomic E-state index is 0. The van der Waals surface area contributed by atoms with Crippen LogP contribution in [0.15, 0.2) is 42.5 Å². The largest absolute Gasteiger partial charge is 0.444 e. The van der Waals surface area contributed by atoms with Crippen molar-refractivity contribution < 1.29 is 35.5 Å². The zero-order valence-corrected chi connectivity index (χ0v) is 17.7. The van der Waals surface area contributed by atoms with Crippen molar-refractivity contribution in [3.05, 3.63) is 64.7 Å². The number of halogens is 2. The fraction of sp³-hybridized carbons (Fsp3) is 0.304. The van der Waals surface area contributed by atoms with Gasteiger partial charge in [-0.2, -0.15) is 0 Å². The highest BCUT2D eigenvalue weighted by Crippen LogP contribution is 2.29. The first-order chi connectivity index (χ1) is 15.6. The van der Waals surface area contributed by atoms with Gasteiger partial charge in [-0.1, -0.05) is 24.3 Å². The van der Waals surface area contributed by atoms with E-state index in [1.54, 1.807) is 18.2 Å². The third-order valence-corrected chi connectivity index (χ3v) is 5.60. The molecule has 2 N–H and O–H groups in total. The number of nitrogens with zero attached hydrogens (tertiary/aromatic N) is 1. The molecule has 2 aliphatic rings. The number of carbonyl (C=O) groups is 4. The Bertz CT molecular complexity index is 1140. The molecule has 0 saturated carbocycles. The molecule has 10 heteroatoms. The van der Waals surface area contributed by atoms with Gasteiger partial charge in [-0.25, -0.2) is 13.6 Å². The molecule has 0 aromatic heterocycles. The van der Waals surface area contributed by atoms with Crippen molar-refractivity contribution in [1.82, 2.24) is 10.2 Å². The molecule has 2 aliphatic heterocycles. The van der Waals surface area contributed by atoms with Crippen LogP contribution in [0.5, 0.6) is 0 Å². The van der Waals surface area contributed by atoms with Crippen molar-refractivity contribution in [2.75, 3.05) is 5.32 Å². The van der Waals surface area contributed by atoms with Gasteiger partial charge in [-0.05, 0) is 35.7 Å². The van der Waals surface area contributed by atoms with Gasteiger partial charge >= 0.3 is 6.09 Å². The minimum atomic E-state index is -2.97. The normalized spacial score (nSPS) is 18.1. The minimum Gasteiger partial charge on any atom is -0.444 e. The smallest absolute Gasteiger partial charge is 0.411 e. The van der Waals surface area contributed by atoms with E-state index in [4.69, 9.17) is 4.74 Å². The number of amides is 4. The molecule has 1 fully saturated rings. The molecular formula is C23H25F2N3O5. The third-order valence-electron chi connectivity index (χ3n) is 5.60. The van der Waals surface area contributed by atoms with Crippen LogP contribution in [-0.4, -0.2) is 34.8 Å². The molecule has 2 aromatic carbocycles. The summed E-state index contributed by atoms with van der Waals surface area (Å²) >= 11 is 0. The summed E-state index contributed by atoms with van der Waals surface area (Å²) in [6, 6.07) is 9.50. The molecule has 2 aromatic rings. The van der Waals surface area contributed by atoms with Crippen molar-refractivity contribution >= 4 is 29.5 Å². The highest BCUT2D eigenvalue weighted by Gasteiger charge is 2.39. The zero-order valence-electron chi connectivity index (χ0n) is 17.7. The summed E-state index contributed by atoms with van der Waals surface area (Å²) in [6.45, 7) is 0.930. The van der Waals surface area contributed by atoms with Crippen LogP contribution in [0.4, 0.5) is 19.3 Å². The maximum Gasteiger partial charge on any atom is 0.411 e. The van der Waals surface area contributed by atoms with E-state index in [2.05, 4.69) is 10.6 Å². The summed E-state index contributed by atoms with van der Waals surface area (Å²) < 4.78 is 31.7. The van der Waals surface area contributed by atoms with Gasteiger partial charge in [-0.15, -0.1) is 0 Å². The Hall–Kier alpha value is -3.82. The molecule has 33 heavy (non-hydrogen) atoms. The second-order valence-corrected chi connectivity index (χ2v) is 8.06. The summed E-state index contributed by atoms with van der Waals surface area (Å²) in [7, 11) is 0. The number of anilines is 1. The van der Waals surface area contributed by atoms with Gasteiger partial charge in [0.2, 0.25) is 11.8 Å². The van der Waals surface area contributed by atoms with Gasteiger partial charge < -0.3 is 9.64 Å². The standard InChI is InChI=1S/C23H21F2N3O5.2H2/c1-23(24,25)15-4-6-16(7-5-15)26-22(32)33-12-13-2-3-14-11-28(21(31)17(14)10-13)18-8-9-19(29)27-20(18)30;;/h2-7,10,18H,8-9,11-12H2,1H3,(H,26,32)(H,27,29,30);2*1H. The predicted molar refractivity (Wildman–Crippen MR) is 117 cm³/mol. The van der Waals surface area contributed by atoms with Crippen LogP contribution in [0.25, 0.3) is 0 Å². The number of ether oxygens (including phenoxy) is 1. The second-order valence-electron chi connectivity index (χ2n) is 8.06. The first-order valence-electron chi connectivity index (χ1n) is 10.3. The van der Waals surface area contributed by atoms with E-state index in [9.17, 15) is 28.0 Å². The topological polar surface area (TPSA) is 105 Å². The van der Waals surface area contributed by atoms with Gasteiger partial charge in [0.25, 0.3) is 11.8 Å². The number of rotatable bonds is 5. The molecule has 8 nitrogen and oxygen atoms in total. The van der Waals surface area contributed by atoms with Crippen LogP contribution in [0.3, 0.4) is 0 Å². The molecule has 1 saturated heterocycles. The van der Waals surface area contributed by atoms with Crippen molar-refractivity contribution in [3.8, 4) is 0 Å². The SMILES string of the molecule is CC(F)(F)c1ccc(NC(=O)OCc2ccc3c(c2)C(=O)N(C2CCC(=O)NC2=O)C3)cc1.[HH].[HH]. The van der Waals surface area contributed by atoms with Gasteiger partial charge in [0.1, 0.15) is 12.6 Å². The lowest BCUT2D eigenvalue weighted by molar-refractivity contribution is -0.136. The zero-order chi connectivity index (χ0) is 23.8. The molecule has 1 unspecified atom stereocenters. The fourth-order valence-electron chi connectivity index (χ4n) is 3.84. The van der Waals surface area contributed by atoms with Gasteiger partial charge in [0.05, 0.1) is 0 Å². The Morgan fingerprint density at radius 1 is 1.21 bits per heavy atom. The summed E-state index contributed by atoms with van der Waals surface area (Å²) in [6.07, 6.45) is -0.325. The van der Waals surface area contributed by atoms with Gasteiger partial charge in [-0.3, -0.25) is 25.0 Å². The Kier molecular flexibility index (Phi) is 5.84. The highest BCUT2D eigenvalue weighted by molar-refractivity contribution is 6.05. The van der Waals surface area contributed by atoms with Crippen LogP contribution < -0.4 is 10.6 Å². The van der Waals surface area contributed by atoms with Crippen LogP contribution >= 0.6 is 0 Å². The van der Waals surface area contributed by atoms with Crippen molar-refractivity contribution in [2.45, 2.75) is 44.9 Å². The molecule has 0 aliphatic carbocycles. The molecule has 0 bridgehead atoms. The lowest BCUT2D eigenvalue weighted by atomic mass is 10.0. The van der Waals surface area contributed by atoms with Crippen LogP contribution in [0, 0.1) is 0 Å². The fourth-order valence-corrected chi connectivity index (χ4v) is 3.84. The number of alkyl halides is 2. The number of nitrogens with one attached hydrogen (secondary N) is 2. The van der Waals surface area contributed by atoms with Gasteiger partial charge in [0.15, 0.2) is 0 Å². The van der Waals surface area contributed by atoms with Crippen LogP contribution in [0.2, 0.25) is 0 Å². The summed E-state index contributed by atoms with van der Waals surface area (Å²) in [5.74, 6) is -4.13. The summed E-state index contributed by atoms with van der Waals surface area (Å²) in [5, 5.41) is 4.71. The Balaban J connectivity index is 0.00000216. The van der Waals surface area contributed by atoms with E-state index in [-0.39, 0.29) is 46.2 Å². The third kappa shape index (κ3) is 4.84. The number of hydrogen-bond donors (Lipinski definition) is 2. The molecule has 2 heterocycles. The number of fused-ring (bicyclic) bond motifs is 1. The average molecular weight is 461 g/mol. The van der Waals surface area contributed by atoms with E-state index in [0.717, 1.165) is 12.5 Å². The predicted octanol–water partition coefficient (Wildman–Crippen LogP) is 3.80. The highest BCUT2D eigenvalue weighted by atomic mass is 19.3. The Labute approximate surface area is 190 Å². The van der Waals surface area contributed by atoms with E-state index in [1.165, 1.54) is 29.2 Å².